The molecular weight excluding hydrogens is 356 g/mol. The van der Waals surface area contributed by atoms with Crippen LogP contribution in [-0.4, -0.2) is 48.9 Å². The maximum Gasteiger partial charge on any atom is 0.321 e. The van der Waals surface area contributed by atoms with Gasteiger partial charge in [0.25, 0.3) is 11.8 Å². The zero-order valence-corrected chi connectivity index (χ0v) is 16.1. The third-order valence-corrected chi connectivity index (χ3v) is 4.72. The molecule has 7 nitrogen and oxygen atoms in total. The van der Waals surface area contributed by atoms with Gasteiger partial charge in [-0.25, -0.2) is 4.79 Å². The Balaban J connectivity index is 1.69. The minimum Gasteiger partial charge on any atom is -0.339 e. The standard InChI is InChI=1S/C21H24N4O3/c1-3-24(4-2)20(27)15-8-10-17(11-9-15)23-19(26)16-6-5-7-18(14-16)25-13-12-22-21(25)28/h5-11,14H,3-4,12-13H2,1-2H3,(H,22,28)(H,23,26). The van der Waals surface area contributed by atoms with Crippen LogP contribution in [0.15, 0.2) is 48.5 Å². The molecule has 0 saturated carbocycles. The summed E-state index contributed by atoms with van der Waals surface area (Å²) < 4.78 is 0. The number of nitrogens with zero attached hydrogens (tertiary/aromatic N) is 2. The van der Waals surface area contributed by atoms with Crippen LogP contribution in [0.1, 0.15) is 34.6 Å². The van der Waals surface area contributed by atoms with Gasteiger partial charge in [0.05, 0.1) is 0 Å². The highest BCUT2D eigenvalue weighted by Crippen LogP contribution is 2.19. The minimum atomic E-state index is -0.274. The minimum absolute atomic E-state index is 0.0283. The van der Waals surface area contributed by atoms with Crippen molar-refractivity contribution in [1.29, 1.82) is 0 Å². The van der Waals surface area contributed by atoms with Crippen molar-refractivity contribution in [2.45, 2.75) is 13.8 Å². The lowest BCUT2D eigenvalue weighted by atomic mass is 10.1. The van der Waals surface area contributed by atoms with Gasteiger partial charge in [0, 0.05) is 48.7 Å². The van der Waals surface area contributed by atoms with Crippen molar-refractivity contribution >= 4 is 29.2 Å². The zero-order valence-electron chi connectivity index (χ0n) is 16.1. The lowest BCUT2D eigenvalue weighted by Crippen LogP contribution is -2.30. The van der Waals surface area contributed by atoms with Gasteiger partial charge < -0.3 is 15.5 Å². The molecule has 2 aromatic rings. The van der Waals surface area contributed by atoms with Gasteiger partial charge in [0.2, 0.25) is 0 Å². The summed E-state index contributed by atoms with van der Waals surface area (Å²) in [6.45, 7) is 6.35. The lowest BCUT2D eigenvalue weighted by Gasteiger charge is -2.18. The third kappa shape index (κ3) is 4.14. The highest BCUT2D eigenvalue weighted by atomic mass is 16.2. The zero-order chi connectivity index (χ0) is 20.1. The Morgan fingerprint density at radius 1 is 1.07 bits per heavy atom. The van der Waals surface area contributed by atoms with E-state index in [0.29, 0.717) is 48.7 Å². The molecule has 1 fully saturated rings. The fraction of sp³-hybridized carbons (Fsp3) is 0.286. The van der Waals surface area contributed by atoms with Crippen molar-refractivity contribution in [1.82, 2.24) is 10.2 Å². The molecule has 4 amide bonds. The van der Waals surface area contributed by atoms with Crippen molar-refractivity contribution in [2.75, 3.05) is 36.4 Å². The topological polar surface area (TPSA) is 81.8 Å². The van der Waals surface area contributed by atoms with Gasteiger partial charge in [0.15, 0.2) is 0 Å². The van der Waals surface area contributed by atoms with Crippen molar-refractivity contribution in [2.24, 2.45) is 0 Å². The second-order valence-electron chi connectivity index (χ2n) is 6.44. The average molecular weight is 380 g/mol. The molecule has 3 rings (SSSR count). The second-order valence-corrected chi connectivity index (χ2v) is 6.44. The van der Waals surface area contributed by atoms with Crippen LogP contribution in [0.5, 0.6) is 0 Å². The summed E-state index contributed by atoms with van der Waals surface area (Å²) in [4.78, 5) is 40.1. The van der Waals surface area contributed by atoms with E-state index in [9.17, 15) is 14.4 Å². The number of hydrogen-bond acceptors (Lipinski definition) is 3. The van der Waals surface area contributed by atoms with Gasteiger partial charge in [-0.3, -0.25) is 14.5 Å². The molecule has 7 heteroatoms. The number of amides is 4. The van der Waals surface area contributed by atoms with Gasteiger partial charge in [-0.05, 0) is 56.3 Å². The molecule has 146 valence electrons. The first-order valence-electron chi connectivity index (χ1n) is 9.39. The van der Waals surface area contributed by atoms with E-state index in [2.05, 4.69) is 10.6 Å². The van der Waals surface area contributed by atoms with Crippen LogP contribution >= 0.6 is 0 Å². The summed E-state index contributed by atoms with van der Waals surface area (Å²) in [5.74, 6) is -0.302. The molecule has 0 aromatic heterocycles. The summed E-state index contributed by atoms with van der Waals surface area (Å²) in [7, 11) is 0. The molecule has 0 atom stereocenters. The van der Waals surface area contributed by atoms with Crippen LogP contribution in [-0.2, 0) is 0 Å². The highest BCUT2D eigenvalue weighted by Gasteiger charge is 2.21. The first kappa shape index (κ1) is 19.4. The number of nitrogens with one attached hydrogen (secondary N) is 2. The Morgan fingerprint density at radius 3 is 2.39 bits per heavy atom. The number of anilines is 2. The summed E-state index contributed by atoms with van der Waals surface area (Å²) in [6.07, 6.45) is 0. The Labute approximate surface area is 164 Å². The van der Waals surface area contributed by atoms with E-state index >= 15 is 0 Å². The van der Waals surface area contributed by atoms with Gasteiger partial charge in [0.1, 0.15) is 0 Å². The number of rotatable bonds is 6. The Hall–Kier alpha value is -3.35. The molecule has 0 radical (unpaired) electrons. The first-order chi connectivity index (χ1) is 13.5. The van der Waals surface area contributed by atoms with E-state index in [1.54, 1.807) is 58.3 Å². The van der Waals surface area contributed by atoms with E-state index in [-0.39, 0.29) is 17.8 Å². The van der Waals surface area contributed by atoms with Crippen LogP contribution in [0.2, 0.25) is 0 Å². The summed E-state index contributed by atoms with van der Waals surface area (Å²) >= 11 is 0. The molecule has 1 saturated heterocycles. The smallest absolute Gasteiger partial charge is 0.321 e. The summed E-state index contributed by atoms with van der Waals surface area (Å²) in [6, 6.07) is 13.6. The third-order valence-electron chi connectivity index (χ3n) is 4.72. The van der Waals surface area contributed by atoms with Gasteiger partial charge >= 0.3 is 6.03 Å². The van der Waals surface area contributed by atoms with Crippen LogP contribution in [0.3, 0.4) is 0 Å². The average Bonchev–Trinajstić information content (AvgIpc) is 3.15. The number of carbonyl (C=O) groups excluding carboxylic acids is 3. The fourth-order valence-electron chi connectivity index (χ4n) is 3.13. The van der Waals surface area contributed by atoms with E-state index in [1.165, 1.54) is 0 Å². The highest BCUT2D eigenvalue weighted by molar-refractivity contribution is 6.06. The molecule has 1 aliphatic heterocycles. The molecular formula is C21H24N4O3. The number of benzene rings is 2. The first-order valence-corrected chi connectivity index (χ1v) is 9.39. The number of urea groups is 1. The molecule has 2 N–H and O–H groups in total. The Morgan fingerprint density at radius 2 is 1.79 bits per heavy atom. The van der Waals surface area contributed by atoms with E-state index < -0.39 is 0 Å². The lowest BCUT2D eigenvalue weighted by molar-refractivity contribution is 0.0773. The molecule has 0 bridgehead atoms. The molecule has 28 heavy (non-hydrogen) atoms. The second kappa shape index (κ2) is 8.56. The van der Waals surface area contributed by atoms with Crippen LogP contribution < -0.4 is 15.5 Å². The predicted octanol–water partition coefficient (Wildman–Crippen LogP) is 2.95. The Kier molecular flexibility index (Phi) is 5.93. The van der Waals surface area contributed by atoms with Gasteiger partial charge in [-0.15, -0.1) is 0 Å². The summed E-state index contributed by atoms with van der Waals surface area (Å²) in [5, 5.41) is 5.57. The molecule has 1 aliphatic rings. The van der Waals surface area contributed by atoms with E-state index in [1.807, 2.05) is 13.8 Å². The maximum atomic E-state index is 12.6. The number of hydrogen-bond donors (Lipinski definition) is 2. The van der Waals surface area contributed by atoms with Crippen molar-refractivity contribution < 1.29 is 14.4 Å². The molecule has 0 unspecified atom stereocenters. The van der Waals surface area contributed by atoms with Crippen molar-refractivity contribution in [3.05, 3.63) is 59.7 Å². The molecule has 0 aliphatic carbocycles. The largest absolute Gasteiger partial charge is 0.339 e. The van der Waals surface area contributed by atoms with Crippen LogP contribution in [0, 0.1) is 0 Å². The molecule has 2 aromatic carbocycles. The van der Waals surface area contributed by atoms with E-state index in [0.717, 1.165) is 0 Å². The monoisotopic (exact) mass is 380 g/mol. The van der Waals surface area contributed by atoms with Gasteiger partial charge in [-0.2, -0.15) is 0 Å². The summed E-state index contributed by atoms with van der Waals surface area (Å²) in [5.41, 5.74) is 2.33. The maximum absolute atomic E-state index is 12.6. The quantitative estimate of drug-likeness (QED) is 0.808. The fourth-order valence-corrected chi connectivity index (χ4v) is 3.13. The molecule has 0 spiro atoms. The van der Waals surface area contributed by atoms with Crippen molar-refractivity contribution in [3.8, 4) is 0 Å². The Bertz CT molecular complexity index is 875. The van der Waals surface area contributed by atoms with Gasteiger partial charge in [-0.1, -0.05) is 6.07 Å². The predicted molar refractivity (Wildman–Crippen MR) is 109 cm³/mol. The van der Waals surface area contributed by atoms with Crippen LogP contribution in [0.25, 0.3) is 0 Å². The van der Waals surface area contributed by atoms with E-state index in [4.69, 9.17) is 0 Å². The normalized spacial score (nSPS) is 13.2. The van der Waals surface area contributed by atoms with Crippen molar-refractivity contribution in [3.63, 3.8) is 0 Å². The van der Waals surface area contributed by atoms with Crippen LogP contribution in [0.4, 0.5) is 16.2 Å². The SMILES string of the molecule is CCN(CC)C(=O)c1ccc(NC(=O)c2cccc(N3CCNC3=O)c2)cc1. The number of carbonyl (C=O) groups is 3. The molecule has 1 heterocycles.